The van der Waals surface area contributed by atoms with Crippen molar-refractivity contribution in [3.05, 3.63) is 59.9 Å². The number of benzene rings is 1. The predicted octanol–water partition coefficient (Wildman–Crippen LogP) is 1.87. The maximum atomic E-state index is 9.95. The Balaban J connectivity index is 2.37. The topological polar surface area (TPSA) is 53.4 Å². The number of aromatic hydroxyl groups is 1. The van der Waals surface area contributed by atoms with Gasteiger partial charge in [-0.2, -0.15) is 0 Å². The van der Waals surface area contributed by atoms with Gasteiger partial charge in [-0.3, -0.25) is 4.98 Å². The van der Waals surface area contributed by atoms with Crippen LogP contribution in [-0.2, 0) is 0 Å². The minimum atomic E-state index is -0.882. The normalized spacial score (nSPS) is 12.3. The molecule has 3 nitrogen and oxygen atoms in total. The lowest BCUT2D eigenvalue weighted by Gasteiger charge is -2.11. The molecule has 0 saturated heterocycles. The molecule has 2 rings (SSSR count). The minimum absolute atomic E-state index is 0.0793. The van der Waals surface area contributed by atoms with Crippen molar-refractivity contribution in [3.8, 4) is 5.75 Å². The summed E-state index contributed by atoms with van der Waals surface area (Å²) >= 11 is 0. The summed E-state index contributed by atoms with van der Waals surface area (Å²) in [6.45, 7) is 0. The first kappa shape index (κ1) is 9.68. The van der Waals surface area contributed by atoms with Crippen molar-refractivity contribution in [2.75, 3.05) is 0 Å². The molecule has 3 heteroatoms. The third-order valence-electron chi connectivity index (χ3n) is 2.20. The molecule has 0 fully saturated rings. The van der Waals surface area contributed by atoms with Crippen LogP contribution in [0.2, 0.25) is 0 Å². The van der Waals surface area contributed by atoms with E-state index in [0.29, 0.717) is 11.3 Å². The first-order valence-electron chi connectivity index (χ1n) is 4.66. The summed E-state index contributed by atoms with van der Waals surface area (Å²) in [7, 11) is 0. The van der Waals surface area contributed by atoms with Gasteiger partial charge in [0.2, 0.25) is 0 Å². The van der Waals surface area contributed by atoms with Crippen LogP contribution < -0.4 is 0 Å². The SMILES string of the molecule is Oc1ccccc1C(O)c1ccccn1. The Bertz CT molecular complexity index is 442. The van der Waals surface area contributed by atoms with Gasteiger partial charge in [-0.05, 0) is 18.2 Å². The second-order valence-corrected chi connectivity index (χ2v) is 3.22. The van der Waals surface area contributed by atoms with Crippen molar-refractivity contribution in [2.45, 2.75) is 6.10 Å². The van der Waals surface area contributed by atoms with Gasteiger partial charge in [0.1, 0.15) is 11.9 Å². The zero-order chi connectivity index (χ0) is 10.7. The lowest BCUT2D eigenvalue weighted by Crippen LogP contribution is -2.01. The van der Waals surface area contributed by atoms with Crippen molar-refractivity contribution in [1.29, 1.82) is 0 Å². The molecule has 0 aliphatic carbocycles. The van der Waals surface area contributed by atoms with Crippen molar-refractivity contribution >= 4 is 0 Å². The molecule has 0 amide bonds. The van der Waals surface area contributed by atoms with Gasteiger partial charge in [0.25, 0.3) is 0 Å². The summed E-state index contributed by atoms with van der Waals surface area (Å²) in [4.78, 5) is 4.04. The van der Waals surface area contributed by atoms with Gasteiger partial charge >= 0.3 is 0 Å². The minimum Gasteiger partial charge on any atom is -0.508 e. The van der Waals surface area contributed by atoms with Crippen LogP contribution >= 0.6 is 0 Å². The molecule has 1 aromatic carbocycles. The Morgan fingerprint density at radius 3 is 2.40 bits per heavy atom. The van der Waals surface area contributed by atoms with Crippen LogP contribution in [0.4, 0.5) is 0 Å². The molecular weight excluding hydrogens is 190 g/mol. The molecule has 0 radical (unpaired) electrons. The number of hydrogen-bond acceptors (Lipinski definition) is 3. The lowest BCUT2D eigenvalue weighted by molar-refractivity contribution is 0.210. The molecule has 1 unspecified atom stereocenters. The number of rotatable bonds is 2. The molecule has 1 atom stereocenters. The van der Waals surface area contributed by atoms with E-state index in [-0.39, 0.29) is 5.75 Å². The highest BCUT2D eigenvalue weighted by Gasteiger charge is 2.14. The molecule has 2 N–H and O–H groups in total. The Hall–Kier alpha value is -1.87. The molecule has 0 saturated carbocycles. The third-order valence-corrected chi connectivity index (χ3v) is 2.20. The molecule has 0 aliphatic heterocycles. The molecule has 2 aromatic rings. The molecule has 15 heavy (non-hydrogen) atoms. The van der Waals surface area contributed by atoms with Crippen molar-refractivity contribution in [3.63, 3.8) is 0 Å². The molecule has 1 aromatic heterocycles. The Morgan fingerprint density at radius 2 is 1.73 bits per heavy atom. The van der Waals surface area contributed by atoms with Crippen LogP contribution in [0.15, 0.2) is 48.7 Å². The average molecular weight is 201 g/mol. The van der Waals surface area contributed by atoms with Crippen LogP contribution in [0.25, 0.3) is 0 Å². The summed E-state index contributed by atoms with van der Waals surface area (Å²) < 4.78 is 0. The number of aromatic nitrogens is 1. The van der Waals surface area contributed by atoms with E-state index in [1.807, 2.05) is 0 Å². The zero-order valence-corrected chi connectivity index (χ0v) is 8.04. The number of para-hydroxylation sites is 1. The van der Waals surface area contributed by atoms with E-state index < -0.39 is 6.10 Å². The van der Waals surface area contributed by atoms with Gasteiger partial charge in [-0.25, -0.2) is 0 Å². The number of phenolic OH excluding ortho intramolecular Hbond substituents is 1. The zero-order valence-electron chi connectivity index (χ0n) is 8.04. The fraction of sp³-hybridized carbons (Fsp3) is 0.0833. The number of hydrogen-bond donors (Lipinski definition) is 2. The second kappa shape index (κ2) is 4.11. The van der Waals surface area contributed by atoms with Crippen molar-refractivity contribution in [1.82, 2.24) is 4.98 Å². The first-order chi connectivity index (χ1) is 7.29. The quantitative estimate of drug-likeness (QED) is 0.779. The fourth-order valence-electron chi connectivity index (χ4n) is 1.42. The summed E-state index contributed by atoms with van der Waals surface area (Å²) in [6.07, 6.45) is 0.728. The highest BCUT2D eigenvalue weighted by Crippen LogP contribution is 2.27. The van der Waals surface area contributed by atoms with Crippen LogP contribution in [0.3, 0.4) is 0 Å². The molecular formula is C12H11NO2. The van der Waals surface area contributed by atoms with E-state index in [4.69, 9.17) is 0 Å². The van der Waals surface area contributed by atoms with Gasteiger partial charge in [-0.1, -0.05) is 24.3 Å². The monoisotopic (exact) mass is 201 g/mol. The lowest BCUT2D eigenvalue weighted by atomic mass is 10.1. The fourth-order valence-corrected chi connectivity index (χ4v) is 1.42. The molecule has 0 spiro atoms. The van der Waals surface area contributed by atoms with E-state index in [1.165, 1.54) is 0 Å². The van der Waals surface area contributed by atoms with Crippen molar-refractivity contribution in [2.24, 2.45) is 0 Å². The van der Waals surface area contributed by atoms with Crippen LogP contribution in [0, 0.1) is 0 Å². The standard InChI is InChI=1S/C12H11NO2/c14-11-7-2-1-5-9(11)12(15)10-6-3-4-8-13-10/h1-8,12,14-15H. The van der Waals surface area contributed by atoms with Gasteiger partial charge < -0.3 is 10.2 Å². The number of phenols is 1. The maximum Gasteiger partial charge on any atom is 0.124 e. The Labute approximate surface area is 87.7 Å². The molecule has 0 aliphatic rings. The van der Waals surface area contributed by atoms with Crippen molar-refractivity contribution < 1.29 is 10.2 Å². The maximum absolute atomic E-state index is 9.95. The van der Waals surface area contributed by atoms with E-state index in [0.717, 1.165) is 0 Å². The Morgan fingerprint density at radius 1 is 1.00 bits per heavy atom. The van der Waals surface area contributed by atoms with E-state index >= 15 is 0 Å². The molecule has 1 heterocycles. The highest BCUT2D eigenvalue weighted by molar-refractivity contribution is 5.37. The van der Waals surface area contributed by atoms with Gasteiger partial charge in [0.05, 0.1) is 5.69 Å². The van der Waals surface area contributed by atoms with Gasteiger partial charge in [-0.15, -0.1) is 0 Å². The second-order valence-electron chi connectivity index (χ2n) is 3.22. The predicted molar refractivity (Wildman–Crippen MR) is 56.4 cm³/mol. The summed E-state index contributed by atoms with van der Waals surface area (Å²) in [5.41, 5.74) is 0.996. The van der Waals surface area contributed by atoms with E-state index in [1.54, 1.807) is 48.7 Å². The summed E-state index contributed by atoms with van der Waals surface area (Å²) in [6, 6.07) is 12.0. The summed E-state index contributed by atoms with van der Waals surface area (Å²) in [5, 5.41) is 19.5. The Kier molecular flexibility index (Phi) is 2.65. The van der Waals surface area contributed by atoms with Gasteiger partial charge in [0.15, 0.2) is 0 Å². The van der Waals surface area contributed by atoms with Crippen LogP contribution in [-0.4, -0.2) is 15.2 Å². The van der Waals surface area contributed by atoms with E-state index in [9.17, 15) is 10.2 Å². The van der Waals surface area contributed by atoms with Crippen LogP contribution in [0.5, 0.6) is 5.75 Å². The number of nitrogens with zero attached hydrogens (tertiary/aromatic N) is 1. The summed E-state index contributed by atoms with van der Waals surface area (Å²) in [5.74, 6) is 0.0793. The van der Waals surface area contributed by atoms with Crippen LogP contribution in [0.1, 0.15) is 17.4 Å². The largest absolute Gasteiger partial charge is 0.508 e. The molecule has 76 valence electrons. The number of aliphatic hydroxyl groups is 1. The third kappa shape index (κ3) is 1.97. The number of pyridine rings is 1. The van der Waals surface area contributed by atoms with Gasteiger partial charge in [0, 0.05) is 11.8 Å². The van der Waals surface area contributed by atoms with E-state index in [2.05, 4.69) is 4.98 Å². The first-order valence-corrected chi connectivity index (χ1v) is 4.66. The number of aliphatic hydroxyl groups excluding tert-OH is 1. The average Bonchev–Trinajstić information content (AvgIpc) is 2.30. The highest BCUT2D eigenvalue weighted by atomic mass is 16.3. The molecule has 0 bridgehead atoms. The smallest absolute Gasteiger partial charge is 0.124 e.